The van der Waals surface area contributed by atoms with Crippen LogP contribution in [0.15, 0.2) is 18.2 Å². The molecule has 1 aromatic carbocycles. The number of rotatable bonds is 1. The van der Waals surface area contributed by atoms with Crippen molar-refractivity contribution in [1.82, 2.24) is 5.32 Å². The van der Waals surface area contributed by atoms with E-state index in [0.717, 1.165) is 12.1 Å². The molecule has 2 heteroatoms. The summed E-state index contributed by atoms with van der Waals surface area (Å²) >= 11 is 0. The van der Waals surface area contributed by atoms with E-state index in [-0.39, 0.29) is 5.82 Å². The average Bonchev–Trinajstić information content (AvgIpc) is 2.46. The zero-order valence-electron chi connectivity index (χ0n) is 9.22. The van der Waals surface area contributed by atoms with E-state index in [1.807, 2.05) is 13.0 Å². The molecule has 1 heterocycles. The second kappa shape index (κ2) is 4.75. The number of nitrogens with one attached hydrogen (secondary N) is 1. The maximum Gasteiger partial charge on any atom is 0.123 e. The van der Waals surface area contributed by atoms with E-state index in [9.17, 15) is 4.39 Å². The predicted octanol–water partition coefficient (Wildman–Crippen LogP) is 3.34. The second-order valence-corrected chi connectivity index (χ2v) is 4.36. The van der Waals surface area contributed by atoms with E-state index in [1.54, 1.807) is 12.1 Å². The van der Waals surface area contributed by atoms with Gasteiger partial charge in [0.25, 0.3) is 0 Å². The summed E-state index contributed by atoms with van der Waals surface area (Å²) in [6.45, 7) is 3.08. The van der Waals surface area contributed by atoms with Crippen molar-refractivity contribution >= 4 is 0 Å². The van der Waals surface area contributed by atoms with Gasteiger partial charge in [0.2, 0.25) is 0 Å². The van der Waals surface area contributed by atoms with Gasteiger partial charge in [-0.25, -0.2) is 4.39 Å². The van der Waals surface area contributed by atoms with Gasteiger partial charge in [0, 0.05) is 6.04 Å². The van der Waals surface area contributed by atoms with Crippen LogP contribution in [0.5, 0.6) is 0 Å². The molecule has 1 aliphatic heterocycles. The van der Waals surface area contributed by atoms with Gasteiger partial charge in [-0.15, -0.1) is 0 Å². The molecule has 1 aromatic rings. The molecule has 15 heavy (non-hydrogen) atoms. The fourth-order valence-corrected chi connectivity index (χ4v) is 2.32. The number of benzene rings is 1. The Balaban J connectivity index is 2.19. The SMILES string of the molecule is Cc1cc(F)ccc1C1CCCCCN1. The minimum absolute atomic E-state index is 0.134. The molecule has 2 rings (SSSR count). The highest BCUT2D eigenvalue weighted by Crippen LogP contribution is 2.25. The van der Waals surface area contributed by atoms with E-state index >= 15 is 0 Å². The zero-order chi connectivity index (χ0) is 10.7. The summed E-state index contributed by atoms with van der Waals surface area (Å²) in [5.41, 5.74) is 2.33. The van der Waals surface area contributed by atoms with Crippen molar-refractivity contribution in [2.45, 2.75) is 38.6 Å². The minimum Gasteiger partial charge on any atom is -0.310 e. The predicted molar refractivity (Wildman–Crippen MR) is 60.3 cm³/mol. The Labute approximate surface area is 90.7 Å². The zero-order valence-corrected chi connectivity index (χ0v) is 9.22. The van der Waals surface area contributed by atoms with Crippen LogP contribution in [0.3, 0.4) is 0 Å². The van der Waals surface area contributed by atoms with Gasteiger partial charge in [-0.3, -0.25) is 0 Å². The average molecular weight is 207 g/mol. The van der Waals surface area contributed by atoms with E-state index in [2.05, 4.69) is 5.32 Å². The summed E-state index contributed by atoms with van der Waals surface area (Å²) in [6, 6.07) is 5.54. The number of halogens is 1. The van der Waals surface area contributed by atoms with Crippen LogP contribution in [0.1, 0.15) is 42.9 Å². The van der Waals surface area contributed by atoms with Gasteiger partial charge in [-0.05, 0) is 49.6 Å². The molecule has 1 unspecified atom stereocenters. The second-order valence-electron chi connectivity index (χ2n) is 4.36. The molecule has 0 radical (unpaired) electrons. The highest BCUT2D eigenvalue weighted by atomic mass is 19.1. The summed E-state index contributed by atoms with van der Waals surface area (Å²) in [4.78, 5) is 0. The summed E-state index contributed by atoms with van der Waals surface area (Å²) in [5.74, 6) is -0.134. The van der Waals surface area contributed by atoms with E-state index < -0.39 is 0 Å². The molecule has 0 aliphatic carbocycles. The van der Waals surface area contributed by atoms with Crippen LogP contribution in [0.2, 0.25) is 0 Å². The first-order chi connectivity index (χ1) is 7.27. The Morgan fingerprint density at radius 1 is 1.27 bits per heavy atom. The Hall–Kier alpha value is -0.890. The Morgan fingerprint density at radius 2 is 2.13 bits per heavy atom. The Bertz CT molecular complexity index is 327. The van der Waals surface area contributed by atoms with Crippen molar-refractivity contribution in [1.29, 1.82) is 0 Å². The fourth-order valence-electron chi connectivity index (χ4n) is 2.32. The summed E-state index contributed by atoms with van der Waals surface area (Å²) in [7, 11) is 0. The molecule has 1 saturated heterocycles. The van der Waals surface area contributed by atoms with Crippen molar-refractivity contribution in [3.05, 3.63) is 35.1 Å². The molecule has 1 aliphatic rings. The molecular weight excluding hydrogens is 189 g/mol. The molecule has 1 nitrogen and oxygen atoms in total. The Kier molecular flexibility index (Phi) is 3.37. The standard InChI is InChI=1S/C13H18FN/c1-10-9-11(14)6-7-12(10)13-5-3-2-4-8-15-13/h6-7,9,13,15H,2-5,8H2,1H3. The number of hydrogen-bond donors (Lipinski definition) is 1. The van der Waals surface area contributed by atoms with Crippen LogP contribution >= 0.6 is 0 Å². The first-order valence-electron chi connectivity index (χ1n) is 5.77. The third-order valence-electron chi connectivity index (χ3n) is 3.17. The van der Waals surface area contributed by atoms with Crippen LogP contribution in [0.25, 0.3) is 0 Å². The third-order valence-corrected chi connectivity index (χ3v) is 3.17. The molecule has 0 spiro atoms. The van der Waals surface area contributed by atoms with E-state index in [1.165, 1.54) is 31.2 Å². The summed E-state index contributed by atoms with van der Waals surface area (Å²) in [6.07, 6.45) is 5.02. The van der Waals surface area contributed by atoms with Crippen LogP contribution in [0.4, 0.5) is 4.39 Å². The monoisotopic (exact) mass is 207 g/mol. The molecule has 82 valence electrons. The van der Waals surface area contributed by atoms with Crippen molar-refractivity contribution in [3.8, 4) is 0 Å². The lowest BCUT2D eigenvalue weighted by Crippen LogP contribution is -2.21. The third kappa shape index (κ3) is 2.57. The molecule has 0 saturated carbocycles. The lowest BCUT2D eigenvalue weighted by Gasteiger charge is -2.18. The maximum atomic E-state index is 13.0. The van der Waals surface area contributed by atoms with Gasteiger partial charge < -0.3 is 5.32 Å². The van der Waals surface area contributed by atoms with Crippen LogP contribution in [0, 0.1) is 12.7 Å². The summed E-state index contributed by atoms with van der Waals surface area (Å²) < 4.78 is 13.0. The molecule has 1 fully saturated rings. The van der Waals surface area contributed by atoms with E-state index in [4.69, 9.17) is 0 Å². The minimum atomic E-state index is -0.134. The fraction of sp³-hybridized carbons (Fsp3) is 0.538. The van der Waals surface area contributed by atoms with Crippen molar-refractivity contribution < 1.29 is 4.39 Å². The molecule has 1 atom stereocenters. The Morgan fingerprint density at radius 3 is 2.93 bits per heavy atom. The van der Waals surface area contributed by atoms with Crippen LogP contribution < -0.4 is 5.32 Å². The lowest BCUT2D eigenvalue weighted by molar-refractivity contribution is 0.530. The maximum absolute atomic E-state index is 13.0. The normalized spacial score (nSPS) is 22.4. The largest absolute Gasteiger partial charge is 0.310 e. The first-order valence-corrected chi connectivity index (χ1v) is 5.77. The lowest BCUT2D eigenvalue weighted by atomic mass is 9.97. The van der Waals surface area contributed by atoms with Gasteiger partial charge in [-0.2, -0.15) is 0 Å². The van der Waals surface area contributed by atoms with Crippen molar-refractivity contribution in [3.63, 3.8) is 0 Å². The first kappa shape index (κ1) is 10.6. The smallest absolute Gasteiger partial charge is 0.123 e. The molecule has 1 N–H and O–H groups in total. The quantitative estimate of drug-likeness (QED) is 0.744. The van der Waals surface area contributed by atoms with Crippen LogP contribution in [-0.2, 0) is 0 Å². The van der Waals surface area contributed by atoms with Gasteiger partial charge in [-0.1, -0.05) is 18.9 Å². The van der Waals surface area contributed by atoms with E-state index in [0.29, 0.717) is 6.04 Å². The number of aryl methyl sites for hydroxylation is 1. The van der Waals surface area contributed by atoms with Gasteiger partial charge in [0.05, 0.1) is 0 Å². The van der Waals surface area contributed by atoms with Crippen molar-refractivity contribution in [2.75, 3.05) is 6.54 Å². The van der Waals surface area contributed by atoms with Gasteiger partial charge in [0.1, 0.15) is 5.82 Å². The van der Waals surface area contributed by atoms with Crippen LogP contribution in [-0.4, -0.2) is 6.54 Å². The number of hydrogen-bond acceptors (Lipinski definition) is 1. The highest BCUT2D eigenvalue weighted by molar-refractivity contribution is 5.29. The van der Waals surface area contributed by atoms with Gasteiger partial charge >= 0.3 is 0 Å². The highest BCUT2D eigenvalue weighted by Gasteiger charge is 2.15. The molecule has 0 aromatic heterocycles. The topological polar surface area (TPSA) is 12.0 Å². The van der Waals surface area contributed by atoms with Gasteiger partial charge in [0.15, 0.2) is 0 Å². The molecular formula is C13H18FN. The molecule has 0 amide bonds. The summed E-state index contributed by atoms with van der Waals surface area (Å²) in [5, 5.41) is 3.54. The van der Waals surface area contributed by atoms with Crippen molar-refractivity contribution in [2.24, 2.45) is 0 Å². The molecule has 0 bridgehead atoms.